The fraction of sp³-hybridized carbons (Fsp3) is 0.889. The van der Waals surface area contributed by atoms with Gasteiger partial charge in [-0.05, 0) is 26.8 Å². The van der Waals surface area contributed by atoms with E-state index in [0.717, 1.165) is 4.31 Å². The number of nitrogens with zero attached hydrogens (tertiary/aromatic N) is 1. The summed E-state index contributed by atoms with van der Waals surface area (Å²) < 4.78 is 31.2. The Kier molecular flexibility index (Phi) is 7.09. The number of ether oxygens (including phenoxy) is 1. The summed E-state index contributed by atoms with van der Waals surface area (Å²) in [5.41, 5.74) is 5.31. The maximum Gasteiger partial charge on any atom is 0.422 e. The maximum atomic E-state index is 11.7. The number of carbonyl (C=O) groups excluding carboxylic acids is 1. The highest BCUT2D eigenvalue weighted by Gasteiger charge is 2.23. The summed E-state index contributed by atoms with van der Waals surface area (Å²) in [7, 11) is -3.84. The van der Waals surface area contributed by atoms with Gasteiger partial charge in [-0.15, -0.1) is 0 Å². The summed E-state index contributed by atoms with van der Waals surface area (Å²) in [4.78, 5) is 11.2. The molecule has 3 N–H and O–H groups in total. The number of amides is 1. The van der Waals surface area contributed by atoms with E-state index in [0.29, 0.717) is 13.0 Å². The average molecular weight is 267 g/mol. The van der Waals surface area contributed by atoms with Crippen molar-refractivity contribution in [1.29, 1.82) is 0 Å². The van der Waals surface area contributed by atoms with Crippen LogP contribution in [0.25, 0.3) is 0 Å². The van der Waals surface area contributed by atoms with Crippen molar-refractivity contribution in [3.8, 4) is 0 Å². The van der Waals surface area contributed by atoms with E-state index >= 15 is 0 Å². The van der Waals surface area contributed by atoms with Gasteiger partial charge in [0.25, 0.3) is 0 Å². The lowest BCUT2D eigenvalue weighted by molar-refractivity contribution is 0.121. The predicted octanol–water partition coefficient (Wildman–Crippen LogP) is 0.0365. The van der Waals surface area contributed by atoms with Crippen molar-refractivity contribution in [1.82, 2.24) is 9.03 Å². The molecule has 0 radical (unpaired) electrons. The molecule has 0 spiro atoms. The van der Waals surface area contributed by atoms with Crippen molar-refractivity contribution >= 4 is 16.3 Å². The van der Waals surface area contributed by atoms with Crippen LogP contribution in [0.1, 0.15) is 27.2 Å². The van der Waals surface area contributed by atoms with Gasteiger partial charge in [-0.2, -0.15) is 12.7 Å². The number of hydrogen-bond acceptors (Lipinski definition) is 5. The van der Waals surface area contributed by atoms with Gasteiger partial charge in [0.15, 0.2) is 0 Å². The quantitative estimate of drug-likeness (QED) is 0.678. The Balaban J connectivity index is 4.47. The van der Waals surface area contributed by atoms with E-state index in [-0.39, 0.29) is 19.2 Å². The molecule has 8 heteroatoms. The third-order valence-electron chi connectivity index (χ3n) is 1.86. The summed E-state index contributed by atoms with van der Waals surface area (Å²) in [6, 6.07) is 0. The summed E-state index contributed by atoms with van der Waals surface area (Å²) in [6.07, 6.45) is -0.802. The summed E-state index contributed by atoms with van der Waals surface area (Å²) in [5, 5.41) is 0. The molecule has 0 atom stereocenters. The third kappa shape index (κ3) is 6.44. The molecule has 1 amide bonds. The van der Waals surface area contributed by atoms with Crippen LogP contribution in [0, 0.1) is 0 Å². The van der Waals surface area contributed by atoms with Gasteiger partial charge >= 0.3 is 16.3 Å². The SMILES string of the molecule is CCN(CCCN)S(=O)(=O)NC(=O)OC(C)C. The molecule has 0 rings (SSSR count). The molecule has 0 aliphatic heterocycles. The lowest BCUT2D eigenvalue weighted by Crippen LogP contribution is -2.44. The number of carbonyl (C=O) groups is 1. The first kappa shape index (κ1) is 16.1. The maximum absolute atomic E-state index is 11.7. The van der Waals surface area contributed by atoms with E-state index in [1.807, 2.05) is 4.72 Å². The van der Waals surface area contributed by atoms with E-state index in [1.165, 1.54) is 0 Å². The van der Waals surface area contributed by atoms with Gasteiger partial charge in [-0.25, -0.2) is 9.52 Å². The molecular formula is C9H21N3O4S. The summed E-state index contributed by atoms with van der Waals surface area (Å²) >= 11 is 0. The van der Waals surface area contributed by atoms with E-state index in [9.17, 15) is 13.2 Å². The molecule has 0 fully saturated rings. The van der Waals surface area contributed by atoms with Gasteiger partial charge < -0.3 is 10.5 Å². The fourth-order valence-corrected chi connectivity index (χ4v) is 2.22. The smallest absolute Gasteiger partial charge is 0.422 e. The molecule has 0 bridgehead atoms. The van der Waals surface area contributed by atoms with Gasteiger partial charge in [0.1, 0.15) is 0 Å². The van der Waals surface area contributed by atoms with Crippen LogP contribution in [0.4, 0.5) is 4.79 Å². The average Bonchev–Trinajstić information content (AvgIpc) is 2.15. The minimum Gasteiger partial charge on any atom is -0.446 e. The highest BCUT2D eigenvalue weighted by Crippen LogP contribution is 2.00. The molecule has 7 nitrogen and oxygen atoms in total. The fourth-order valence-electron chi connectivity index (χ4n) is 1.12. The van der Waals surface area contributed by atoms with E-state index in [2.05, 4.69) is 0 Å². The third-order valence-corrected chi connectivity index (χ3v) is 3.40. The van der Waals surface area contributed by atoms with Crippen molar-refractivity contribution in [3.63, 3.8) is 0 Å². The molecule has 0 aromatic carbocycles. The molecule has 0 aromatic heterocycles. The molecule has 102 valence electrons. The molecule has 0 saturated heterocycles. The highest BCUT2D eigenvalue weighted by molar-refractivity contribution is 7.87. The zero-order valence-electron chi connectivity index (χ0n) is 10.5. The Hall–Kier alpha value is -0.860. The van der Waals surface area contributed by atoms with Gasteiger partial charge in [0, 0.05) is 13.1 Å². The Morgan fingerprint density at radius 3 is 2.47 bits per heavy atom. The van der Waals surface area contributed by atoms with Crippen molar-refractivity contribution < 1.29 is 17.9 Å². The largest absolute Gasteiger partial charge is 0.446 e. The van der Waals surface area contributed by atoms with Crippen LogP contribution >= 0.6 is 0 Å². The lowest BCUT2D eigenvalue weighted by atomic mass is 10.4. The molecule has 0 heterocycles. The Bertz CT molecular complexity index is 329. The van der Waals surface area contributed by atoms with E-state index < -0.39 is 16.3 Å². The number of hydrogen-bond donors (Lipinski definition) is 2. The normalized spacial score (nSPS) is 11.9. The van der Waals surface area contributed by atoms with Crippen molar-refractivity contribution in [2.24, 2.45) is 5.73 Å². The van der Waals surface area contributed by atoms with Crippen molar-refractivity contribution in [3.05, 3.63) is 0 Å². The second-order valence-electron chi connectivity index (χ2n) is 3.70. The second kappa shape index (κ2) is 7.46. The number of nitrogens with two attached hydrogens (primary N) is 1. The van der Waals surface area contributed by atoms with Crippen LogP contribution in [-0.2, 0) is 14.9 Å². The van der Waals surface area contributed by atoms with Crippen molar-refractivity contribution in [2.75, 3.05) is 19.6 Å². The van der Waals surface area contributed by atoms with Crippen LogP contribution in [0.2, 0.25) is 0 Å². The van der Waals surface area contributed by atoms with Crippen LogP contribution in [0.15, 0.2) is 0 Å². The monoisotopic (exact) mass is 267 g/mol. The van der Waals surface area contributed by atoms with Gasteiger partial charge in [0.2, 0.25) is 0 Å². The lowest BCUT2D eigenvalue weighted by Gasteiger charge is -2.20. The molecule has 0 aromatic rings. The zero-order chi connectivity index (χ0) is 13.5. The standard InChI is InChI=1S/C9H21N3O4S/c1-4-12(7-5-6-10)17(14,15)11-9(13)16-8(2)3/h8H,4-7,10H2,1-3H3,(H,11,13). The van der Waals surface area contributed by atoms with Crippen LogP contribution < -0.4 is 10.5 Å². The molecule has 0 aliphatic rings. The Morgan fingerprint density at radius 1 is 1.47 bits per heavy atom. The second-order valence-corrected chi connectivity index (χ2v) is 5.37. The number of nitrogens with one attached hydrogen (secondary N) is 1. The Morgan fingerprint density at radius 2 is 2.06 bits per heavy atom. The molecule has 0 unspecified atom stereocenters. The van der Waals surface area contributed by atoms with Gasteiger partial charge in [-0.3, -0.25) is 0 Å². The summed E-state index contributed by atoms with van der Waals surface area (Å²) in [6.45, 7) is 5.89. The first-order chi connectivity index (χ1) is 7.83. The van der Waals surface area contributed by atoms with E-state index in [4.69, 9.17) is 10.5 Å². The van der Waals surface area contributed by atoms with Gasteiger partial charge in [0.05, 0.1) is 6.10 Å². The van der Waals surface area contributed by atoms with Crippen molar-refractivity contribution in [2.45, 2.75) is 33.3 Å². The molecular weight excluding hydrogens is 246 g/mol. The van der Waals surface area contributed by atoms with E-state index in [1.54, 1.807) is 20.8 Å². The van der Waals surface area contributed by atoms with Crippen LogP contribution in [0.5, 0.6) is 0 Å². The van der Waals surface area contributed by atoms with Gasteiger partial charge in [-0.1, -0.05) is 6.92 Å². The number of rotatable bonds is 7. The van der Waals surface area contributed by atoms with Crippen LogP contribution in [0.3, 0.4) is 0 Å². The molecule has 0 aliphatic carbocycles. The minimum atomic E-state index is -3.84. The van der Waals surface area contributed by atoms with Crippen LogP contribution in [-0.4, -0.2) is 44.6 Å². The predicted molar refractivity (Wildman–Crippen MR) is 64.6 cm³/mol. The highest BCUT2D eigenvalue weighted by atomic mass is 32.2. The summed E-state index contributed by atoms with van der Waals surface area (Å²) in [5.74, 6) is 0. The topological polar surface area (TPSA) is 102 Å². The molecule has 17 heavy (non-hydrogen) atoms. The minimum absolute atomic E-state index is 0.268. The molecule has 0 saturated carbocycles. The first-order valence-corrected chi connectivity index (χ1v) is 6.96. The first-order valence-electron chi connectivity index (χ1n) is 5.52. The zero-order valence-corrected chi connectivity index (χ0v) is 11.3. The Labute approximate surface area is 102 Å².